The van der Waals surface area contributed by atoms with E-state index >= 15 is 0 Å². The summed E-state index contributed by atoms with van der Waals surface area (Å²) in [7, 11) is 0. The summed E-state index contributed by atoms with van der Waals surface area (Å²) in [5.74, 6) is -0.971. The van der Waals surface area contributed by atoms with Gasteiger partial charge >= 0.3 is 5.97 Å². The third-order valence-electron chi connectivity index (χ3n) is 0.770. The maximum Gasteiger partial charge on any atom is 0.331 e. The van der Waals surface area contributed by atoms with E-state index in [0.29, 0.717) is 0 Å². The predicted octanol–water partition coefficient (Wildman–Crippen LogP) is 1.06. The molecule has 9 heavy (non-hydrogen) atoms. The first-order chi connectivity index (χ1) is 4.04. The number of rotatable bonds is 2. The van der Waals surface area contributed by atoms with Gasteiger partial charge in [-0.25, -0.2) is 4.79 Å². The van der Waals surface area contributed by atoms with E-state index in [1.54, 1.807) is 0 Å². The Morgan fingerprint density at radius 3 is 2.11 bits per heavy atom. The third-order valence-corrected chi connectivity index (χ3v) is 0.770. The molecule has 50 valence electrons. The largest absolute Gasteiger partial charge is 0.478 e. The molecule has 0 spiro atoms. The zero-order valence-corrected chi connectivity index (χ0v) is 5.43. The molecule has 0 bridgehead atoms. The van der Waals surface area contributed by atoms with E-state index in [2.05, 4.69) is 0 Å². The van der Waals surface area contributed by atoms with Gasteiger partial charge in [0.25, 0.3) is 0 Å². The van der Waals surface area contributed by atoms with Crippen LogP contribution in [0.2, 0.25) is 0 Å². The molecule has 0 aromatic heterocycles. The Bertz CT molecular complexity index is 170. The molecule has 0 aromatic carbocycles. The molecule has 0 amide bonds. The summed E-state index contributed by atoms with van der Waals surface area (Å²) >= 11 is 0. The topological polar surface area (TPSA) is 61.2 Å². The molecule has 0 aliphatic heterocycles. The van der Waals surface area contributed by atoms with Gasteiger partial charge in [0.05, 0.1) is 0 Å². The van der Waals surface area contributed by atoms with Gasteiger partial charge in [0.15, 0.2) is 0 Å². The molecule has 3 nitrogen and oxygen atoms in total. The van der Waals surface area contributed by atoms with E-state index in [1.807, 2.05) is 0 Å². The number of carboxylic acid groups (broad SMARTS) is 1. The minimum absolute atomic E-state index is 0.197. The summed E-state index contributed by atoms with van der Waals surface area (Å²) in [4.78, 5) is 10.1. The number of allylic oxidation sites excluding steroid dienone is 1. The van der Waals surface area contributed by atoms with Crippen LogP contribution in [0.25, 0.3) is 0 Å². The Labute approximate surface area is 53.5 Å². The van der Waals surface area contributed by atoms with Gasteiger partial charge in [0.1, 0.15) is 0 Å². The van der Waals surface area contributed by atoms with Crippen LogP contribution in [0, 0.1) is 5.41 Å². The van der Waals surface area contributed by atoms with Crippen molar-refractivity contribution in [3.05, 3.63) is 11.6 Å². The number of carboxylic acids is 1. The van der Waals surface area contributed by atoms with E-state index in [9.17, 15) is 4.79 Å². The number of carbonyl (C=O) groups is 1. The summed E-state index contributed by atoms with van der Waals surface area (Å²) in [5.41, 5.74) is 0.456. The highest BCUT2D eigenvalue weighted by Gasteiger charge is 1.97. The fourth-order valence-electron chi connectivity index (χ4n) is 0.386. The van der Waals surface area contributed by atoms with E-state index in [1.165, 1.54) is 19.9 Å². The van der Waals surface area contributed by atoms with Crippen molar-refractivity contribution < 1.29 is 9.90 Å². The maximum atomic E-state index is 10.1. The third kappa shape index (κ3) is 3.46. The smallest absolute Gasteiger partial charge is 0.331 e. The molecule has 0 radical (unpaired) electrons. The van der Waals surface area contributed by atoms with Gasteiger partial charge in [0.2, 0.25) is 0 Å². The minimum Gasteiger partial charge on any atom is -0.478 e. The van der Waals surface area contributed by atoms with Crippen LogP contribution in [0.15, 0.2) is 11.6 Å². The van der Waals surface area contributed by atoms with E-state index < -0.39 is 5.97 Å². The van der Waals surface area contributed by atoms with Crippen molar-refractivity contribution >= 4 is 11.7 Å². The lowest BCUT2D eigenvalue weighted by atomic mass is 10.2. The zero-order valence-electron chi connectivity index (χ0n) is 5.43. The summed E-state index contributed by atoms with van der Waals surface area (Å²) in [6, 6.07) is 0. The van der Waals surface area contributed by atoms with E-state index in [0.717, 1.165) is 0 Å². The van der Waals surface area contributed by atoms with Crippen molar-refractivity contribution in [1.82, 2.24) is 0 Å². The molecule has 0 unspecified atom stereocenters. The Hall–Kier alpha value is -1.12. The molecule has 0 saturated heterocycles. The van der Waals surface area contributed by atoms with E-state index in [4.69, 9.17) is 10.5 Å². The zero-order chi connectivity index (χ0) is 7.44. The van der Waals surface area contributed by atoms with Gasteiger partial charge in [-0.1, -0.05) is 0 Å². The second-order valence-electron chi connectivity index (χ2n) is 1.82. The van der Waals surface area contributed by atoms with E-state index in [-0.39, 0.29) is 11.3 Å². The molecule has 0 aromatic rings. The Kier molecular flexibility index (Phi) is 2.64. The van der Waals surface area contributed by atoms with Crippen molar-refractivity contribution in [2.24, 2.45) is 0 Å². The van der Waals surface area contributed by atoms with Gasteiger partial charge in [-0.15, -0.1) is 0 Å². The van der Waals surface area contributed by atoms with Gasteiger partial charge in [0, 0.05) is 11.3 Å². The molecular formula is C6H9NO2. The van der Waals surface area contributed by atoms with Crippen molar-refractivity contribution in [2.45, 2.75) is 13.8 Å². The van der Waals surface area contributed by atoms with Crippen molar-refractivity contribution in [1.29, 1.82) is 5.41 Å². The number of aliphatic carboxylic acids is 1. The van der Waals surface area contributed by atoms with Crippen LogP contribution in [0.5, 0.6) is 0 Å². The molecule has 0 saturated carbocycles. The first kappa shape index (κ1) is 7.88. The molecular weight excluding hydrogens is 118 g/mol. The lowest BCUT2D eigenvalue weighted by Gasteiger charge is -1.88. The van der Waals surface area contributed by atoms with Crippen LogP contribution in [0.3, 0.4) is 0 Å². The SMILES string of the molecule is CC(=N)C=C(C)C(=O)O. The van der Waals surface area contributed by atoms with Gasteiger partial charge in [-0.05, 0) is 19.9 Å². The Morgan fingerprint density at radius 1 is 1.56 bits per heavy atom. The lowest BCUT2D eigenvalue weighted by Crippen LogP contribution is -1.97. The first-order valence-corrected chi connectivity index (χ1v) is 2.51. The fraction of sp³-hybridized carbons (Fsp3) is 0.333. The molecule has 2 N–H and O–H groups in total. The standard InChI is InChI=1S/C6H9NO2/c1-4(6(8)9)3-5(2)7/h3,7H,1-2H3,(H,8,9). The highest BCUT2D eigenvalue weighted by Crippen LogP contribution is 1.91. The van der Waals surface area contributed by atoms with Crippen molar-refractivity contribution in [3.63, 3.8) is 0 Å². The summed E-state index contributed by atoms with van der Waals surface area (Å²) in [6.07, 6.45) is 1.31. The second-order valence-corrected chi connectivity index (χ2v) is 1.82. The quantitative estimate of drug-likeness (QED) is 0.430. The average Bonchev–Trinajstić information content (AvgIpc) is 1.63. The van der Waals surface area contributed by atoms with Crippen LogP contribution in [0.1, 0.15) is 13.8 Å². The molecule has 0 aliphatic rings. The highest BCUT2D eigenvalue weighted by atomic mass is 16.4. The van der Waals surface area contributed by atoms with Gasteiger partial charge < -0.3 is 10.5 Å². The normalized spacial score (nSPS) is 11.1. The van der Waals surface area contributed by atoms with Crippen LogP contribution < -0.4 is 0 Å². The average molecular weight is 127 g/mol. The summed E-state index contributed by atoms with van der Waals surface area (Å²) in [5, 5.41) is 15.1. The molecule has 0 fully saturated rings. The van der Waals surface area contributed by atoms with Crippen molar-refractivity contribution in [3.8, 4) is 0 Å². The molecule has 0 heterocycles. The molecule has 0 aliphatic carbocycles. The Morgan fingerprint density at radius 2 is 2.00 bits per heavy atom. The summed E-state index contributed by atoms with van der Waals surface area (Å²) < 4.78 is 0. The Balaban J connectivity index is 4.17. The molecule has 0 atom stereocenters. The van der Waals surface area contributed by atoms with Gasteiger partial charge in [-0.2, -0.15) is 0 Å². The summed E-state index contributed by atoms with van der Waals surface area (Å²) in [6.45, 7) is 2.99. The number of hydrogen-bond acceptors (Lipinski definition) is 2. The lowest BCUT2D eigenvalue weighted by molar-refractivity contribution is -0.132. The van der Waals surface area contributed by atoms with Crippen LogP contribution >= 0.6 is 0 Å². The second kappa shape index (κ2) is 3.02. The first-order valence-electron chi connectivity index (χ1n) is 2.51. The van der Waals surface area contributed by atoms with Crippen LogP contribution in [0.4, 0.5) is 0 Å². The minimum atomic E-state index is -0.971. The predicted molar refractivity (Wildman–Crippen MR) is 34.8 cm³/mol. The van der Waals surface area contributed by atoms with Gasteiger partial charge in [-0.3, -0.25) is 0 Å². The molecule has 0 rings (SSSR count). The van der Waals surface area contributed by atoms with Crippen LogP contribution in [-0.4, -0.2) is 16.8 Å². The molecule has 3 heteroatoms. The van der Waals surface area contributed by atoms with Crippen molar-refractivity contribution in [2.75, 3.05) is 0 Å². The van der Waals surface area contributed by atoms with Crippen LogP contribution in [-0.2, 0) is 4.79 Å². The highest BCUT2D eigenvalue weighted by molar-refractivity contribution is 5.98. The fourth-order valence-corrected chi connectivity index (χ4v) is 0.386. The maximum absolute atomic E-state index is 10.1. The monoisotopic (exact) mass is 127 g/mol. The number of hydrogen-bond donors (Lipinski definition) is 2. The number of nitrogens with one attached hydrogen (secondary N) is 1.